The lowest BCUT2D eigenvalue weighted by Gasteiger charge is -2.21. The van der Waals surface area contributed by atoms with Gasteiger partial charge in [0.1, 0.15) is 11.5 Å². The summed E-state index contributed by atoms with van der Waals surface area (Å²) in [6, 6.07) is 9.63. The Kier molecular flexibility index (Phi) is 4.61. The van der Waals surface area contributed by atoms with E-state index in [1.54, 1.807) is 37.3 Å². The average Bonchev–Trinajstić information content (AvgIpc) is 3.10. The quantitative estimate of drug-likeness (QED) is 0.732. The number of phenols is 1. The van der Waals surface area contributed by atoms with E-state index in [9.17, 15) is 19.5 Å². The van der Waals surface area contributed by atoms with E-state index >= 15 is 0 Å². The lowest BCUT2D eigenvalue weighted by molar-refractivity contribution is -0.158. The largest absolute Gasteiger partial charge is 0.507 e. The molecule has 0 atom stereocenters. The average molecular weight is 380 g/mol. The Balaban J connectivity index is 1.55. The van der Waals surface area contributed by atoms with E-state index in [-0.39, 0.29) is 47.1 Å². The van der Waals surface area contributed by atoms with Crippen molar-refractivity contribution >= 4 is 17.3 Å². The molecule has 0 saturated carbocycles. The van der Waals surface area contributed by atoms with E-state index in [4.69, 9.17) is 9.47 Å². The molecule has 1 heterocycles. The summed E-state index contributed by atoms with van der Waals surface area (Å²) in [7, 11) is 0. The van der Waals surface area contributed by atoms with Crippen LogP contribution in [0.25, 0.3) is 0 Å². The Morgan fingerprint density at radius 2 is 1.68 bits per heavy atom. The summed E-state index contributed by atoms with van der Waals surface area (Å²) >= 11 is 0. The first-order valence-electron chi connectivity index (χ1n) is 9.22. The first-order valence-corrected chi connectivity index (χ1v) is 9.22. The van der Waals surface area contributed by atoms with Crippen molar-refractivity contribution in [1.29, 1.82) is 0 Å². The van der Waals surface area contributed by atoms with Crippen LogP contribution in [-0.4, -0.2) is 41.5 Å². The molecule has 0 unspecified atom stereocenters. The highest BCUT2D eigenvalue weighted by Crippen LogP contribution is 2.34. The van der Waals surface area contributed by atoms with Gasteiger partial charge in [0, 0.05) is 23.1 Å². The zero-order valence-electron chi connectivity index (χ0n) is 15.5. The highest BCUT2D eigenvalue weighted by molar-refractivity contribution is 6.29. The van der Waals surface area contributed by atoms with Gasteiger partial charge in [-0.15, -0.1) is 0 Å². The third-order valence-corrected chi connectivity index (χ3v) is 5.17. The van der Waals surface area contributed by atoms with Crippen molar-refractivity contribution < 1.29 is 29.0 Å². The van der Waals surface area contributed by atoms with Crippen LogP contribution in [0.15, 0.2) is 36.4 Å². The number of aryl methyl sites for hydroxylation is 1. The van der Waals surface area contributed by atoms with Crippen LogP contribution in [0.1, 0.15) is 57.2 Å². The van der Waals surface area contributed by atoms with Gasteiger partial charge in [0.2, 0.25) is 0 Å². The predicted molar refractivity (Wildman–Crippen MR) is 99.7 cm³/mol. The van der Waals surface area contributed by atoms with Crippen molar-refractivity contribution in [2.75, 3.05) is 13.2 Å². The number of Topliss-reactive ketones (excluding diaryl/α,β-unsaturated/α-hetero) is 1. The number of aromatic hydroxyl groups is 1. The van der Waals surface area contributed by atoms with Gasteiger partial charge in [0.15, 0.2) is 17.4 Å². The molecule has 0 amide bonds. The number of fused-ring (bicyclic) bond motifs is 2. The van der Waals surface area contributed by atoms with Crippen LogP contribution in [0.5, 0.6) is 5.75 Å². The fourth-order valence-electron chi connectivity index (χ4n) is 3.80. The van der Waals surface area contributed by atoms with Crippen LogP contribution in [0.4, 0.5) is 0 Å². The molecular formula is C22H20O6. The summed E-state index contributed by atoms with van der Waals surface area (Å²) in [5.74, 6) is -1.81. The Labute approximate surface area is 162 Å². The van der Waals surface area contributed by atoms with Gasteiger partial charge in [-0.2, -0.15) is 0 Å². The molecule has 2 aromatic rings. The first-order chi connectivity index (χ1) is 13.4. The maximum absolute atomic E-state index is 12.8. The highest BCUT2D eigenvalue weighted by atomic mass is 16.7. The third kappa shape index (κ3) is 3.25. The number of rotatable bonds is 5. The SMILES string of the molecule is CC1(CC(=O)CCc2cc(O)c3c(c2)C(=O)c2ccccc2C3=O)OCCO1. The van der Waals surface area contributed by atoms with Crippen LogP contribution in [-0.2, 0) is 20.7 Å². The molecule has 2 aromatic carbocycles. The summed E-state index contributed by atoms with van der Waals surface area (Å²) < 4.78 is 10.9. The Morgan fingerprint density at radius 1 is 1.04 bits per heavy atom. The van der Waals surface area contributed by atoms with Crippen molar-refractivity contribution in [2.45, 2.75) is 32.0 Å². The number of hydrogen-bond acceptors (Lipinski definition) is 6. The molecule has 1 fully saturated rings. The molecule has 6 heteroatoms. The Bertz CT molecular complexity index is 985. The van der Waals surface area contributed by atoms with E-state index < -0.39 is 5.79 Å². The molecule has 1 aliphatic carbocycles. The van der Waals surface area contributed by atoms with Crippen molar-refractivity contribution in [3.05, 3.63) is 64.2 Å². The Hall–Kier alpha value is -2.83. The highest BCUT2D eigenvalue weighted by Gasteiger charge is 2.34. The third-order valence-electron chi connectivity index (χ3n) is 5.17. The lowest BCUT2D eigenvalue weighted by atomic mass is 9.82. The molecule has 1 N–H and O–H groups in total. The molecule has 28 heavy (non-hydrogen) atoms. The summed E-state index contributed by atoms with van der Waals surface area (Å²) in [4.78, 5) is 37.8. The molecule has 0 spiro atoms. The number of benzene rings is 2. The van der Waals surface area contributed by atoms with Gasteiger partial charge in [0.25, 0.3) is 0 Å². The normalized spacial score (nSPS) is 17.3. The van der Waals surface area contributed by atoms with E-state index in [1.165, 1.54) is 6.07 Å². The molecule has 0 bridgehead atoms. The fourth-order valence-corrected chi connectivity index (χ4v) is 3.80. The summed E-state index contributed by atoms with van der Waals surface area (Å²) in [6.45, 7) is 2.69. The van der Waals surface area contributed by atoms with Gasteiger partial charge in [-0.25, -0.2) is 0 Å². The number of carbonyl (C=O) groups is 3. The van der Waals surface area contributed by atoms with E-state index in [0.717, 1.165) is 0 Å². The fraction of sp³-hybridized carbons (Fsp3) is 0.318. The van der Waals surface area contributed by atoms with Crippen LogP contribution < -0.4 is 0 Å². The van der Waals surface area contributed by atoms with Crippen molar-refractivity contribution in [3.8, 4) is 5.75 Å². The summed E-state index contributed by atoms with van der Waals surface area (Å²) in [5, 5.41) is 10.4. The number of ether oxygens (including phenoxy) is 2. The Morgan fingerprint density at radius 3 is 2.36 bits per heavy atom. The van der Waals surface area contributed by atoms with Crippen molar-refractivity contribution in [1.82, 2.24) is 0 Å². The van der Waals surface area contributed by atoms with Crippen molar-refractivity contribution in [3.63, 3.8) is 0 Å². The number of phenolic OH excluding ortho intramolecular Hbond substituents is 1. The van der Waals surface area contributed by atoms with Crippen LogP contribution in [0.3, 0.4) is 0 Å². The topological polar surface area (TPSA) is 89.9 Å². The first kappa shape index (κ1) is 18.5. The minimum Gasteiger partial charge on any atom is -0.507 e. The molecule has 0 aromatic heterocycles. The molecule has 6 nitrogen and oxygen atoms in total. The van der Waals surface area contributed by atoms with Crippen LogP contribution >= 0.6 is 0 Å². The smallest absolute Gasteiger partial charge is 0.198 e. The molecular weight excluding hydrogens is 360 g/mol. The minimum atomic E-state index is -0.874. The summed E-state index contributed by atoms with van der Waals surface area (Å²) in [6.07, 6.45) is 0.715. The van der Waals surface area contributed by atoms with E-state index in [1.807, 2.05) is 0 Å². The predicted octanol–water partition coefficient (Wildman–Crippen LogP) is 2.82. The zero-order chi connectivity index (χ0) is 19.9. The number of ketones is 3. The maximum Gasteiger partial charge on any atom is 0.198 e. The molecule has 0 radical (unpaired) electrons. The zero-order valence-corrected chi connectivity index (χ0v) is 15.5. The van der Waals surface area contributed by atoms with Crippen molar-refractivity contribution in [2.24, 2.45) is 0 Å². The van der Waals surface area contributed by atoms with Gasteiger partial charge in [-0.05, 0) is 31.0 Å². The minimum absolute atomic E-state index is 0.0269. The number of hydrogen-bond donors (Lipinski definition) is 1. The standard InChI is InChI=1S/C22H20O6/c1-22(27-8-9-28-22)12-14(23)7-6-13-10-17-19(18(24)11-13)21(26)16-5-3-2-4-15(16)20(17)25/h2-5,10-11,24H,6-9,12H2,1H3. The van der Waals surface area contributed by atoms with Crippen LogP contribution in [0.2, 0.25) is 0 Å². The second-order valence-corrected chi connectivity index (χ2v) is 7.29. The molecule has 1 saturated heterocycles. The number of carbonyl (C=O) groups excluding carboxylic acids is 3. The van der Waals surface area contributed by atoms with E-state index in [2.05, 4.69) is 0 Å². The van der Waals surface area contributed by atoms with Gasteiger partial charge in [-0.3, -0.25) is 14.4 Å². The summed E-state index contributed by atoms with van der Waals surface area (Å²) in [5.41, 5.74) is 1.46. The maximum atomic E-state index is 12.8. The molecule has 144 valence electrons. The monoisotopic (exact) mass is 380 g/mol. The second kappa shape index (κ2) is 6.96. The second-order valence-electron chi connectivity index (χ2n) is 7.29. The molecule has 1 aliphatic heterocycles. The van der Waals surface area contributed by atoms with Gasteiger partial charge >= 0.3 is 0 Å². The van der Waals surface area contributed by atoms with Gasteiger partial charge in [0.05, 0.1) is 25.2 Å². The lowest BCUT2D eigenvalue weighted by Crippen LogP contribution is -2.29. The van der Waals surface area contributed by atoms with Gasteiger partial charge in [-0.1, -0.05) is 24.3 Å². The van der Waals surface area contributed by atoms with Gasteiger partial charge < -0.3 is 14.6 Å². The van der Waals surface area contributed by atoms with E-state index in [0.29, 0.717) is 36.3 Å². The molecule has 4 rings (SSSR count). The van der Waals surface area contributed by atoms with Crippen LogP contribution in [0, 0.1) is 0 Å². The molecule has 2 aliphatic rings.